The molecule has 1 unspecified atom stereocenters. The number of nitrogens with one attached hydrogen (secondary N) is 1. The number of nitrogens with zero attached hydrogens (tertiary/aromatic N) is 1. The molecule has 0 saturated carbocycles. The van der Waals surface area contributed by atoms with E-state index in [1.165, 1.54) is 0 Å². The Balaban J connectivity index is 1.95. The lowest BCUT2D eigenvalue weighted by molar-refractivity contribution is -0.134. The highest BCUT2D eigenvalue weighted by Gasteiger charge is 2.34. The third kappa shape index (κ3) is 4.95. The van der Waals surface area contributed by atoms with Crippen LogP contribution >= 0.6 is 0 Å². The van der Waals surface area contributed by atoms with Gasteiger partial charge in [0.25, 0.3) is 0 Å². The second kappa shape index (κ2) is 7.58. The van der Waals surface area contributed by atoms with Gasteiger partial charge in [0.1, 0.15) is 0 Å². The van der Waals surface area contributed by atoms with Crippen molar-refractivity contribution in [3.05, 3.63) is 0 Å². The van der Waals surface area contributed by atoms with E-state index in [4.69, 9.17) is 0 Å². The third-order valence-corrected chi connectivity index (χ3v) is 6.39. The number of hydrogen-bond acceptors (Lipinski definition) is 4. The number of carbonyl (C=O) groups is 1. The number of rotatable bonds is 6. The van der Waals surface area contributed by atoms with Crippen molar-refractivity contribution in [3.8, 4) is 0 Å². The van der Waals surface area contributed by atoms with Gasteiger partial charge in [-0.25, -0.2) is 8.42 Å². The Labute approximate surface area is 128 Å². The lowest BCUT2D eigenvalue weighted by Gasteiger charge is -2.31. The summed E-state index contributed by atoms with van der Waals surface area (Å²) in [6, 6.07) is -0.0873. The molecule has 1 atom stereocenters. The largest absolute Gasteiger partial charge is 0.339 e. The van der Waals surface area contributed by atoms with Crippen molar-refractivity contribution in [1.29, 1.82) is 0 Å². The summed E-state index contributed by atoms with van der Waals surface area (Å²) >= 11 is 0. The van der Waals surface area contributed by atoms with E-state index in [9.17, 15) is 13.2 Å². The summed E-state index contributed by atoms with van der Waals surface area (Å²) in [6.07, 6.45) is 5.28. The van der Waals surface area contributed by atoms with Gasteiger partial charge in [0, 0.05) is 19.0 Å². The molecule has 0 radical (unpaired) electrons. The number of unbranched alkanes of at least 4 members (excludes halogenated alkanes) is 1. The minimum Gasteiger partial charge on any atom is -0.339 e. The molecular weight excluding hydrogens is 288 g/mol. The van der Waals surface area contributed by atoms with Gasteiger partial charge < -0.3 is 10.2 Å². The van der Waals surface area contributed by atoms with Crippen LogP contribution in [0.1, 0.15) is 45.4 Å². The van der Waals surface area contributed by atoms with E-state index in [2.05, 4.69) is 12.2 Å². The Bertz CT molecular complexity index is 444. The molecule has 2 rings (SSSR count). The predicted molar refractivity (Wildman–Crippen MR) is 83.9 cm³/mol. The SMILES string of the molecule is CCCCN(C(=O)CC1CCNCC1)C1CCS(=O)(=O)C1. The van der Waals surface area contributed by atoms with Gasteiger partial charge in [-0.15, -0.1) is 0 Å². The summed E-state index contributed by atoms with van der Waals surface area (Å²) in [5.74, 6) is 1.02. The number of piperidine rings is 1. The minimum absolute atomic E-state index is 0.0873. The number of amides is 1. The maximum atomic E-state index is 12.6. The fraction of sp³-hybridized carbons (Fsp3) is 0.933. The topological polar surface area (TPSA) is 66.5 Å². The monoisotopic (exact) mass is 316 g/mol. The van der Waals surface area contributed by atoms with Crippen LogP contribution in [0, 0.1) is 5.92 Å². The zero-order chi connectivity index (χ0) is 15.3. The highest BCUT2D eigenvalue weighted by molar-refractivity contribution is 7.91. The molecule has 0 spiro atoms. The minimum atomic E-state index is -2.94. The molecule has 2 aliphatic rings. The van der Waals surface area contributed by atoms with Crippen molar-refractivity contribution in [1.82, 2.24) is 10.2 Å². The first-order chi connectivity index (χ1) is 10.0. The summed E-state index contributed by atoms with van der Waals surface area (Å²) in [4.78, 5) is 14.5. The van der Waals surface area contributed by atoms with Crippen molar-refractivity contribution in [2.75, 3.05) is 31.1 Å². The van der Waals surface area contributed by atoms with E-state index in [-0.39, 0.29) is 23.5 Å². The highest BCUT2D eigenvalue weighted by Crippen LogP contribution is 2.23. The molecule has 21 heavy (non-hydrogen) atoms. The van der Waals surface area contributed by atoms with Gasteiger partial charge in [0.2, 0.25) is 5.91 Å². The average Bonchev–Trinajstić information content (AvgIpc) is 2.80. The highest BCUT2D eigenvalue weighted by atomic mass is 32.2. The predicted octanol–water partition coefficient (Wildman–Crippen LogP) is 1.19. The van der Waals surface area contributed by atoms with Crippen LogP contribution in [0.25, 0.3) is 0 Å². The first-order valence-electron chi connectivity index (χ1n) is 8.22. The molecule has 0 aliphatic carbocycles. The average molecular weight is 316 g/mol. The van der Waals surface area contributed by atoms with E-state index in [1.807, 2.05) is 4.90 Å². The quantitative estimate of drug-likeness (QED) is 0.799. The van der Waals surface area contributed by atoms with Gasteiger partial charge >= 0.3 is 0 Å². The second-order valence-electron chi connectivity index (χ2n) is 6.40. The van der Waals surface area contributed by atoms with E-state index in [0.29, 0.717) is 25.3 Å². The first kappa shape index (κ1) is 16.7. The lowest BCUT2D eigenvalue weighted by Crippen LogP contribution is -2.43. The summed E-state index contributed by atoms with van der Waals surface area (Å²) in [7, 11) is -2.94. The summed E-state index contributed by atoms with van der Waals surface area (Å²) in [6.45, 7) is 4.79. The molecular formula is C15H28N2O3S. The van der Waals surface area contributed by atoms with Gasteiger partial charge in [-0.1, -0.05) is 13.3 Å². The first-order valence-corrected chi connectivity index (χ1v) is 10.0. The van der Waals surface area contributed by atoms with Crippen LogP contribution in [0.4, 0.5) is 0 Å². The molecule has 0 aromatic carbocycles. The van der Waals surface area contributed by atoms with Gasteiger partial charge in [-0.3, -0.25) is 4.79 Å². The van der Waals surface area contributed by atoms with Gasteiger partial charge in [-0.05, 0) is 44.7 Å². The van der Waals surface area contributed by atoms with Crippen molar-refractivity contribution in [3.63, 3.8) is 0 Å². The third-order valence-electron chi connectivity index (χ3n) is 4.64. The molecule has 2 aliphatic heterocycles. The Morgan fingerprint density at radius 3 is 2.52 bits per heavy atom. The van der Waals surface area contributed by atoms with Gasteiger partial charge in [0.05, 0.1) is 11.5 Å². The zero-order valence-electron chi connectivity index (χ0n) is 13.0. The van der Waals surface area contributed by atoms with Crippen molar-refractivity contribution < 1.29 is 13.2 Å². The fourth-order valence-corrected chi connectivity index (χ4v) is 5.04. The summed E-state index contributed by atoms with van der Waals surface area (Å²) in [5.41, 5.74) is 0. The molecule has 122 valence electrons. The maximum absolute atomic E-state index is 12.6. The van der Waals surface area contributed by atoms with Gasteiger partial charge in [-0.2, -0.15) is 0 Å². The van der Waals surface area contributed by atoms with Crippen LogP contribution in [0.2, 0.25) is 0 Å². The Morgan fingerprint density at radius 2 is 1.95 bits per heavy atom. The normalized spacial score (nSPS) is 25.9. The van der Waals surface area contributed by atoms with Crippen LogP contribution in [-0.2, 0) is 14.6 Å². The smallest absolute Gasteiger partial charge is 0.223 e. The molecule has 0 bridgehead atoms. The standard InChI is InChI=1S/C15H28N2O3S/c1-2-3-9-17(14-6-10-21(19,20)12-14)15(18)11-13-4-7-16-8-5-13/h13-14,16H,2-12H2,1H3. The molecule has 5 nitrogen and oxygen atoms in total. The second-order valence-corrected chi connectivity index (χ2v) is 8.62. The van der Waals surface area contributed by atoms with Crippen LogP contribution < -0.4 is 5.32 Å². The number of sulfone groups is 1. The number of carbonyl (C=O) groups excluding carboxylic acids is 1. The maximum Gasteiger partial charge on any atom is 0.223 e. The molecule has 6 heteroatoms. The van der Waals surface area contributed by atoms with E-state index in [1.54, 1.807) is 0 Å². The van der Waals surface area contributed by atoms with Crippen molar-refractivity contribution in [2.24, 2.45) is 5.92 Å². The van der Waals surface area contributed by atoms with Crippen molar-refractivity contribution >= 4 is 15.7 Å². The zero-order valence-corrected chi connectivity index (χ0v) is 13.8. The van der Waals surface area contributed by atoms with Crippen LogP contribution in [0.3, 0.4) is 0 Å². The van der Waals surface area contributed by atoms with Crippen LogP contribution in [0.5, 0.6) is 0 Å². The van der Waals surface area contributed by atoms with Crippen molar-refractivity contribution in [2.45, 2.75) is 51.5 Å². The number of hydrogen-bond donors (Lipinski definition) is 1. The fourth-order valence-electron chi connectivity index (χ4n) is 3.31. The molecule has 1 amide bonds. The van der Waals surface area contributed by atoms with Crippen LogP contribution in [-0.4, -0.2) is 56.4 Å². The molecule has 2 heterocycles. The summed E-state index contributed by atoms with van der Waals surface area (Å²) in [5, 5.41) is 3.31. The Hall–Kier alpha value is -0.620. The molecule has 2 saturated heterocycles. The molecule has 1 N–H and O–H groups in total. The molecule has 2 fully saturated rings. The molecule has 0 aromatic rings. The Kier molecular flexibility index (Phi) is 6.05. The van der Waals surface area contributed by atoms with Crippen LogP contribution in [0.15, 0.2) is 0 Å². The van der Waals surface area contributed by atoms with E-state index >= 15 is 0 Å². The lowest BCUT2D eigenvalue weighted by atomic mass is 9.93. The molecule has 0 aromatic heterocycles. The van der Waals surface area contributed by atoms with E-state index in [0.717, 1.165) is 38.8 Å². The van der Waals surface area contributed by atoms with E-state index < -0.39 is 9.84 Å². The summed E-state index contributed by atoms with van der Waals surface area (Å²) < 4.78 is 23.4. The van der Waals surface area contributed by atoms with Gasteiger partial charge in [0.15, 0.2) is 9.84 Å². The Morgan fingerprint density at radius 1 is 1.24 bits per heavy atom.